The van der Waals surface area contributed by atoms with E-state index >= 15 is 0 Å². The molecule has 0 heterocycles. The molecule has 0 N–H and O–H groups in total. The lowest BCUT2D eigenvalue weighted by molar-refractivity contribution is 0.101. The van der Waals surface area contributed by atoms with Crippen molar-refractivity contribution in [2.75, 3.05) is 6.54 Å². The third-order valence-electron chi connectivity index (χ3n) is 1.98. The highest BCUT2D eigenvalue weighted by Crippen LogP contribution is 2.17. The van der Waals surface area contributed by atoms with Gasteiger partial charge in [-0.1, -0.05) is 28.6 Å². The van der Waals surface area contributed by atoms with Crippen LogP contribution >= 0.6 is 11.6 Å². The summed E-state index contributed by atoms with van der Waals surface area (Å²) in [5.41, 5.74) is 9.29. The van der Waals surface area contributed by atoms with E-state index in [2.05, 4.69) is 21.9 Å². The second-order valence-corrected chi connectivity index (χ2v) is 3.66. The van der Waals surface area contributed by atoms with Gasteiger partial charge in [-0.15, -0.1) is 0 Å². The Morgan fingerprint density at radius 2 is 2.35 bits per heavy atom. The van der Waals surface area contributed by atoms with Crippen LogP contribution in [0.1, 0.15) is 29.3 Å². The monoisotopic (exact) mass is 247 g/mol. The zero-order valence-corrected chi connectivity index (χ0v) is 10.0. The van der Waals surface area contributed by atoms with Crippen molar-refractivity contribution in [3.05, 3.63) is 44.8 Å². The topological polar surface area (TPSA) is 65.8 Å². The molecule has 0 amide bonds. The number of hydrogen-bond acceptors (Lipinski definition) is 2. The third-order valence-corrected chi connectivity index (χ3v) is 2.29. The minimum Gasteiger partial charge on any atom is -0.294 e. The lowest BCUT2D eigenvalue weighted by Gasteiger charge is -1.99. The Morgan fingerprint density at radius 1 is 1.59 bits per heavy atom. The molecule has 0 aliphatic heterocycles. The van der Waals surface area contributed by atoms with Crippen molar-refractivity contribution >= 4 is 17.4 Å². The van der Waals surface area contributed by atoms with Crippen LogP contribution in [0.25, 0.3) is 10.4 Å². The van der Waals surface area contributed by atoms with Crippen molar-refractivity contribution in [3.8, 4) is 11.8 Å². The van der Waals surface area contributed by atoms with Gasteiger partial charge in [0.1, 0.15) is 0 Å². The van der Waals surface area contributed by atoms with Crippen molar-refractivity contribution in [3.63, 3.8) is 0 Å². The predicted octanol–water partition coefficient (Wildman–Crippen LogP) is 3.59. The molecule has 0 spiro atoms. The first-order valence-electron chi connectivity index (χ1n) is 4.95. The standard InChI is InChI=1S/C12H10ClN3O/c1-9(17)11-6-5-10(8-12(11)13)4-2-3-7-15-16-14/h5-6,8H,3,7H2,1H3. The van der Waals surface area contributed by atoms with Gasteiger partial charge in [0.2, 0.25) is 0 Å². The smallest absolute Gasteiger partial charge is 0.161 e. The molecule has 1 aromatic carbocycles. The Hall–Kier alpha value is -1.95. The molecule has 0 aromatic heterocycles. The van der Waals surface area contributed by atoms with Crippen LogP contribution in [0.5, 0.6) is 0 Å². The summed E-state index contributed by atoms with van der Waals surface area (Å²) in [7, 11) is 0. The zero-order chi connectivity index (χ0) is 12.7. The molecule has 17 heavy (non-hydrogen) atoms. The van der Waals surface area contributed by atoms with Gasteiger partial charge in [-0.25, -0.2) is 0 Å². The molecule has 4 nitrogen and oxygen atoms in total. The van der Waals surface area contributed by atoms with E-state index in [1.54, 1.807) is 18.2 Å². The molecule has 0 saturated carbocycles. The largest absolute Gasteiger partial charge is 0.294 e. The number of benzene rings is 1. The van der Waals surface area contributed by atoms with E-state index in [1.165, 1.54) is 6.92 Å². The van der Waals surface area contributed by atoms with E-state index in [0.717, 1.165) is 5.56 Å². The SMILES string of the molecule is CC(=O)c1ccc(C#CCCN=[N+]=[N-])cc1Cl. The normalized spacial score (nSPS) is 8.82. The second kappa shape index (κ2) is 6.59. The summed E-state index contributed by atoms with van der Waals surface area (Å²) in [5.74, 6) is 5.66. The van der Waals surface area contributed by atoms with Crippen LogP contribution in [0.2, 0.25) is 5.02 Å². The highest BCUT2D eigenvalue weighted by Gasteiger charge is 2.04. The van der Waals surface area contributed by atoms with E-state index < -0.39 is 0 Å². The quantitative estimate of drug-likeness (QED) is 0.201. The van der Waals surface area contributed by atoms with Crippen molar-refractivity contribution < 1.29 is 4.79 Å². The number of halogens is 1. The summed E-state index contributed by atoms with van der Waals surface area (Å²) in [6.07, 6.45) is 0.496. The highest BCUT2D eigenvalue weighted by molar-refractivity contribution is 6.33. The number of hydrogen-bond donors (Lipinski definition) is 0. The van der Waals surface area contributed by atoms with Gasteiger partial charge in [-0.3, -0.25) is 4.79 Å². The first-order valence-corrected chi connectivity index (χ1v) is 5.33. The van der Waals surface area contributed by atoms with Gasteiger partial charge in [-0.2, -0.15) is 0 Å². The van der Waals surface area contributed by atoms with Crippen molar-refractivity contribution in [2.24, 2.45) is 5.11 Å². The number of azide groups is 1. The lowest BCUT2D eigenvalue weighted by Crippen LogP contribution is -1.93. The maximum absolute atomic E-state index is 11.1. The minimum atomic E-state index is -0.0714. The summed E-state index contributed by atoms with van der Waals surface area (Å²) < 4.78 is 0. The molecule has 5 heteroatoms. The molecule has 0 aliphatic rings. The summed E-state index contributed by atoms with van der Waals surface area (Å²) in [6.45, 7) is 1.81. The Labute approximate surface area is 104 Å². The van der Waals surface area contributed by atoms with E-state index in [-0.39, 0.29) is 5.78 Å². The molecule has 0 fully saturated rings. The molecule has 86 valence electrons. The van der Waals surface area contributed by atoms with Gasteiger partial charge >= 0.3 is 0 Å². The van der Waals surface area contributed by atoms with E-state index in [9.17, 15) is 4.79 Å². The first kappa shape index (κ1) is 13.1. The molecular weight excluding hydrogens is 238 g/mol. The van der Waals surface area contributed by atoms with Crippen LogP contribution in [0.15, 0.2) is 23.3 Å². The van der Waals surface area contributed by atoms with Crippen LogP contribution in [0.4, 0.5) is 0 Å². The highest BCUT2D eigenvalue weighted by atomic mass is 35.5. The van der Waals surface area contributed by atoms with Crippen molar-refractivity contribution in [1.82, 2.24) is 0 Å². The molecule has 0 atom stereocenters. The van der Waals surface area contributed by atoms with Crippen molar-refractivity contribution in [1.29, 1.82) is 0 Å². The van der Waals surface area contributed by atoms with Gasteiger partial charge in [0.05, 0.1) is 5.02 Å². The summed E-state index contributed by atoms with van der Waals surface area (Å²) in [4.78, 5) is 13.8. The van der Waals surface area contributed by atoms with Crippen LogP contribution in [-0.2, 0) is 0 Å². The number of carbonyl (C=O) groups excluding carboxylic acids is 1. The summed E-state index contributed by atoms with van der Waals surface area (Å²) in [6, 6.07) is 5.05. The Kier molecular flexibility index (Phi) is 5.09. The van der Waals surface area contributed by atoms with Crippen LogP contribution < -0.4 is 0 Å². The average molecular weight is 248 g/mol. The molecule has 0 saturated heterocycles. The molecule has 0 radical (unpaired) electrons. The lowest BCUT2D eigenvalue weighted by atomic mass is 10.1. The molecule has 0 bridgehead atoms. The van der Waals surface area contributed by atoms with Gasteiger partial charge < -0.3 is 0 Å². The number of carbonyl (C=O) groups is 1. The summed E-state index contributed by atoms with van der Waals surface area (Å²) in [5, 5.41) is 3.77. The second-order valence-electron chi connectivity index (χ2n) is 3.26. The van der Waals surface area contributed by atoms with Gasteiger partial charge in [0.15, 0.2) is 5.78 Å². The third kappa shape index (κ3) is 4.20. The van der Waals surface area contributed by atoms with E-state index in [0.29, 0.717) is 23.6 Å². The van der Waals surface area contributed by atoms with E-state index in [4.69, 9.17) is 17.1 Å². The molecule has 0 aliphatic carbocycles. The average Bonchev–Trinajstić information content (AvgIpc) is 2.28. The van der Waals surface area contributed by atoms with Crippen LogP contribution in [-0.4, -0.2) is 12.3 Å². The predicted molar refractivity (Wildman–Crippen MR) is 67.0 cm³/mol. The summed E-state index contributed by atoms with van der Waals surface area (Å²) >= 11 is 5.93. The molecule has 0 unspecified atom stereocenters. The maximum Gasteiger partial charge on any atom is 0.161 e. The maximum atomic E-state index is 11.1. The van der Waals surface area contributed by atoms with Gasteiger partial charge in [0.25, 0.3) is 0 Å². The number of rotatable bonds is 3. The van der Waals surface area contributed by atoms with Gasteiger partial charge in [-0.05, 0) is 30.7 Å². The fourth-order valence-corrected chi connectivity index (χ4v) is 1.51. The zero-order valence-electron chi connectivity index (χ0n) is 9.27. The minimum absolute atomic E-state index is 0.0714. The number of ketones is 1. The Morgan fingerprint density at radius 3 is 2.94 bits per heavy atom. The number of nitrogens with zero attached hydrogens (tertiary/aromatic N) is 3. The van der Waals surface area contributed by atoms with Crippen molar-refractivity contribution in [2.45, 2.75) is 13.3 Å². The van der Waals surface area contributed by atoms with Crippen LogP contribution in [0, 0.1) is 11.8 Å². The molecule has 1 rings (SSSR count). The van der Waals surface area contributed by atoms with E-state index in [1.807, 2.05) is 0 Å². The molecule has 1 aromatic rings. The fourth-order valence-electron chi connectivity index (χ4n) is 1.19. The first-order chi connectivity index (χ1) is 8.15. The Balaban J connectivity index is 2.77. The fraction of sp³-hybridized carbons (Fsp3) is 0.250. The number of Topliss-reactive ketones (excluding diaryl/α,β-unsaturated/α-hetero) is 1. The van der Waals surface area contributed by atoms with Gasteiger partial charge in [0, 0.05) is 29.0 Å². The Bertz CT molecular complexity index is 536. The van der Waals surface area contributed by atoms with Crippen LogP contribution in [0.3, 0.4) is 0 Å². The molecular formula is C12H10ClN3O.